The normalized spacial score (nSPS) is 34.2. The van der Waals surface area contributed by atoms with E-state index in [1.807, 2.05) is 19.1 Å². The number of amides is 2. The topological polar surface area (TPSA) is 65.1 Å². The van der Waals surface area contributed by atoms with E-state index in [1.165, 1.54) is 19.1 Å². The molecule has 0 spiro atoms. The molecular weight excluding hydrogens is 298 g/mol. The van der Waals surface area contributed by atoms with E-state index in [1.54, 1.807) is 18.2 Å². The van der Waals surface area contributed by atoms with Crippen molar-refractivity contribution in [3.63, 3.8) is 0 Å². The maximum atomic E-state index is 13.0. The van der Waals surface area contributed by atoms with Crippen LogP contribution >= 0.6 is 0 Å². The first-order valence-electron chi connectivity index (χ1n) is 7.47. The van der Waals surface area contributed by atoms with Crippen molar-refractivity contribution in [2.45, 2.75) is 18.6 Å². The second kappa shape index (κ2) is 4.58. The molecule has 3 aliphatic heterocycles. The number of hydrogen-bond donors (Lipinski definition) is 0. The second-order valence-electron chi connectivity index (χ2n) is 6.18. The lowest BCUT2D eigenvalue weighted by atomic mass is 9.78. The number of hydrogen-bond acceptors (Lipinski definition) is 5. The van der Waals surface area contributed by atoms with Crippen molar-refractivity contribution < 1.29 is 23.8 Å². The summed E-state index contributed by atoms with van der Waals surface area (Å²) in [6, 6.07) is 5.06. The van der Waals surface area contributed by atoms with Crippen molar-refractivity contribution in [1.82, 2.24) is 0 Å². The van der Waals surface area contributed by atoms with Crippen molar-refractivity contribution in [2.75, 3.05) is 19.1 Å². The molecule has 2 saturated heterocycles. The number of benzene rings is 1. The summed E-state index contributed by atoms with van der Waals surface area (Å²) in [5, 5.41) is 0. The molecule has 23 heavy (non-hydrogen) atoms. The van der Waals surface area contributed by atoms with Crippen LogP contribution in [0.25, 0.3) is 0 Å². The van der Waals surface area contributed by atoms with Crippen LogP contribution in [0.15, 0.2) is 30.4 Å². The minimum Gasteiger partial charge on any atom is -0.497 e. The minimum atomic E-state index is -0.705. The van der Waals surface area contributed by atoms with Gasteiger partial charge >= 0.3 is 0 Å². The Labute approximate surface area is 133 Å². The lowest BCUT2D eigenvalue weighted by Crippen LogP contribution is -2.38. The number of imide groups is 1. The third-order valence-corrected chi connectivity index (χ3v) is 4.96. The number of carbonyl (C=O) groups is 2. The van der Waals surface area contributed by atoms with Gasteiger partial charge in [-0.3, -0.25) is 9.59 Å². The molecule has 1 aromatic rings. The molecule has 2 bridgehead atoms. The van der Waals surface area contributed by atoms with E-state index in [9.17, 15) is 9.59 Å². The van der Waals surface area contributed by atoms with Gasteiger partial charge in [0.05, 0.1) is 43.4 Å². The predicted octanol–water partition coefficient (Wildman–Crippen LogP) is 1.54. The van der Waals surface area contributed by atoms with Crippen molar-refractivity contribution in [3.05, 3.63) is 30.4 Å². The zero-order valence-corrected chi connectivity index (χ0v) is 13.1. The molecule has 4 rings (SSSR count). The van der Waals surface area contributed by atoms with Gasteiger partial charge < -0.3 is 14.2 Å². The minimum absolute atomic E-state index is 0.246. The van der Waals surface area contributed by atoms with E-state index < -0.39 is 17.4 Å². The van der Waals surface area contributed by atoms with E-state index in [4.69, 9.17) is 14.2 Å². The Morgan fingerprint density at radius 1 is 1.17 bits per heavy atom. The number of ether oxygens (including phenoxy) is 3. The van der Waals surface area contributed by atoms with Gasteiger partial charge in [-0.2, -0.15) is 0 Å². The lowest BCUT2D eigenvalue weighted by Gasteiger charge is -2.24. The Kier molecular flexibility index (Phi) is 2.84. The van der Waals surface area contributed by atoms with Crippen LogP contribution in [0.1, 0.15) is 6.92 Å². The SMILES string of the molecule is COc1ccc(OC)c(N2C(=O)[C@H]3[C@@H](C2=O)[C@@]2(C)C=C[C@H]3O2)c1. The summed E-state index contributed by atoms with van der Waals surface area (Å²) in [6.07, 6.45) is 3.43. The van der Waals surface area contributed by atoms with Crippen LogP contribution in [-0.2, 0) is 14.3 Å². The standard InChI is InChI=1S/C17H17NO5/c1-17-7-6-12(23-17)13-14(17)16(20)18(15(13)19)10-8-9(21-2)4-5-11(10)22-3/h4-8,12-14H,1-3H3/t12-,13-,14+,17-/m1/s1. The Bertz CT molecular complexity index is 742. The average molecular weight is 315 g/mol. The van der Waals surface area contributed by atoms with E-state index in [0.29, 0.717) is 17.2 Å². The summed E-state index contributed by atoms with van der Waals surface area (Å²) in [5.74, 6) is -0.430. The molecule has 0 aromatic heterocycles. The third-order valence-electron chi connectivity index (χ3n) is 4.96. The smallest absolute Gasteiger partial charge is 0.241 e. The molecule has 0 saturated carbocycles. The van der Waals surface area contributed by atoms with Crippen LogP contribution in [0.4, 0.5) is 5.69 Å². The fourth-order valence-electron chi connectivity index (χ4n) is 3.86. The fraction of sp³-hybridized carbons (Fsp3) is 0.412. The van der Waals surface area contributed by atoms with Crippen molar-refractivity contribution >= 4 is 17.5 Å². The molecule has 6 nitrogen and oxygen atoms in total. The number of anilines is 1. The van der Waals surface area contributed by atoms with Crippen molar-refractivity contribution in [1.29, 1.82) is 0 Å². The van der Waals surface area contributed by atoms with Gasteiger partial charge in [-0.25, -0.2) is 4.90 Å². The zero-order valence-electron chi connectivity index (χ0n) is 13.1. The van der Waals surface area contributed by atoms with E-state index >= 15 is 0 Å². The largest absolute Gasteiger partial charge is 0.497 e. The van der Waals surface area contributed by atoms with Gasteiger partial charge in [0.25, 0.3) is 0 Å². The molecule has 2 fully saturated rings. The molecule has 120 valence electrons. The van der Waals surface area contributed by atoms with E-state index in [-0.39, 0.29) is 17.9 Å². The molecule has 0 aliphatic carbocycles. The summed E-state index contributed by atoms with van der Waals surface area (Å²) in [5.41, 5.74) is -0.289. The van der Waals surface area contributed by atoms with Crippen LogP contribution in [0, 0.1) is 11.8 Å². The van der Waals surface area contributed by atoms with Gasteiger partial charge in [-0.1, -0.05) is 12.2 Å². The maximum Gasteiger partial charge on any atom is 0.241 e. The summed E-state index contributed by atoms with van der Waals surface area (Å²) in [4.78, 5) is 27.1. The maximum absolute atomic E-state index is 13.0. The van der Waals surface area contributed by atoms with Gasteiger partial charge in [0, 0.05) is 6.07 Å². The monoisotopic (exact) mass is 315 g/mol. The molecule has 4 atom stereocenters. The Balaban J connectivity index is 1.80. The third kappa shape index (κ3) is 1.72. The van der Waals surface area contributed by atoms with Gasteiger partial charge in [-0.15, -0.1) is 0 Å². The van der Waals surface area contributed by atoms with Gasteiger partial charge in [0.15, 0.2) is 0 Å². The Morgan fingerprint density at radius 2 is 1.96 bits per heavy atom. The number of fused-ring (bicyclic) bond motifs is 5. The highest BCUT2D eigenvalue weighted by molar-refractivity contribution is 6.24. The molecular formula is C17H17NO5. The molecule has 6 heteroatoms. The zero-order chi connectivity index (χ0) is 16.4. The van der Waals surface area contributed by atoms with E-state index in [2.05, 4.69) is 0 Å². The first-order valence-corrected chi connectivity index (χ1v) is 7.47. The summed E-state index contributed by atoms with van der Waals surface area (Å²) < 4.78 is 16.4. The van der Waals surface area contributed by atoms with Crippen LogP contribution in [0.2, 0.25) is 0 Å². The molecule has 0 N–H and O–H groups in total. The summed E-state index contributed by atoms with van der Waals surface area (Å²) in [6.45, 7) is 1.85. The highest BCUT2D eigenvalue weighted by atomic mass is 16.5. The van der Waals surface area contributed by atoms with Crippen LogP contribution in [-0.4, -0.2) is 37.7 Å². The molecule has 3 heterocycles. The lowest BCUT2D eigenvalue weighted by molar-refractivity contribution is -0.126. The van der Waals surface area contributed by atoms with Gasteiger partial charge in [0.2, 0.25) is 11.8 Å². The molecule has 1 aromatic carbocycles. The second-order valence-corrected chi connectivity index (χ2v) is 6.18. The number of nitrogens with zero attached hydrogens (tertiary/aromatic N) is 1. The number of carbonyl (C=O) groups excluding carboxylic acids is 2. The van der Waals surface area contributed by atoms with E-state index in [0.717, 1.165) is 0 Å². The fourth-order valence-corrected chi connectivity index (χ4v) is 3.86. The van der Waals surface area contributed by atoms with Crippen LogP contribution in [0.3, 0.4) is 0 Å². The molecule has 0 unspecified atom stereocenters. The Hall–Kier alpha value is -2.34. The van der Waals surface area contributed by atoms with Gasteiger partial charge in [0.1, 0.15) is 11.5 Å². The Morgan fingerprint density at radius 3 is 2.61 bits per heavy atom. The van der Waals surface area contributed by atoms with Crippen molar-refractivity contribution in [3.8, 4) is 11.5 Å². The first kappa shape index (κ1) is 14.3. The number of rotatable bonds is 3. The summed E-state index contributed by atoms with van der Waals surface area (Å²) >= 11 is 0. The molecule has 0 radical (unpaired) electrons. The predicted molar refractivity (Wildman–Crippen MR) is 81.4 cm³/mol. The first-order chi connectivity index (χ1) is 11.0. The highest BCUT2D eigenvalue weighted by Crippen LogP contribution is 2.53. The molecule has 3 aliphatic rings. The van der Waals surface area contributed by atoms with Gasteiger partial charge in [-0.05, 0) is 19.1 Å². The van der Waals surface area contributed by atoms with Crippen LogP contribution in [0.5, 0.6) is 11.5 Å². The van der Waals surface area contributed by atoms with Crippen LogP contribution < -0.4 is 14.4 Å². The van der Waals surface area contributed by atoms with Crippen molar-refractivity contribution in [2.24, 2.45) is 11.8 Å². The average Bonchev–Trinajstić information content (AvgIpc) is 3.16. The molecule has 2 amide bonds. The quantitative estimate of drug-likeness (QED) is 0.625. The number of methoxy groups -OCH3 is 2. The highest BCUT2D eigenvalue weighted by Gasteiger charge is 2.66. The summed E-state index contributed by atoms with van der Waals surface area (Å²) in [7, 11) is 3.04.